The van der Waals surface area contributed by atoms with Gasteiger partial charge < -0.3 is 15.3 Å². The zero-order chi connectivity index (χ0) is 14.9. The molecule has 0 saturated carbocycles. The van der Waals surface area contributed by atoms with Crippen LogP contribution in [0.1, 0.15) is 33.1 Å². The van der Waals surface area contributed by atoms with Crippen LogP contribution in [0.25, 0.3) is 0 Å². The zero-order valence-electron chi connectivity index (χ0n) is 12.5. The molecule has 0 radical (unpaired) electrons. The Morgan fingerprint density at radius 2 is 1.85 bits per heavy atom. The molecule has 114 valence electrons. The van der Waals surface area contributed by atoms with Gasteiger partial charge in [0, 0.05) is 25.2 Å². The average Bonchev–Trinajstić information content (AvgIpc) is 2.59. The van der Waals surface area contributed by atoms with Crippen molar-refractivity contribution >= 4 is 12.0 Å². The van der Waals surface area contributed by atoms with E-state index in [1.165, 1.54) is 6.42 Å². The molecule has 2 saturated heterocycles. The minimum absolute atomic E-state index is 0.123. The molecule has 3 unspecified atom stereocenters. The van der Waals surface area contributed by atoms with Crippen LogP contribution in [0.5, 0.6) is 0 Å². The standard InChI is InChI=1S/C14H25N3O3/c1-9(2)12(13(18)19)15-14(20)17-7-6-10-4-5-11(8-17)16(10)3/h9-12H,4-8H2,1-3H3,(H,15,20)(H,18,19). The van der Waals surface area contributed by atoms with Gasteiger partial charge >= 0.3 is 12.0 Å². The van der Waals surface area contributed by atoms with Gasteiger partial charge in [-0.3, -0.25) is 4.90 Å². The molecule has 0 aromatic heterocycles. The minimum Gasteiger partial charge on any atom is -0.480 e. The van der Waals surface area contributed by atoms with Crippen LogP contribution in [0.4, 0.5) is 4.79 Å². The molecule has 2 aliphatic rings. The van der Waals surface area contributed by atoms with Crippen LogP contribution in [0, 0.1) is 5.92 Å². The number of carboxylic acid groups (broad SMARTS) is 1. The summed E-state index contributed by atoms with van der Waals surface area (Å²) in [5.41, 5.74) is 0. The third-order valence-corrected chi connectivity index (χ3v) is 4.65. The molecular formula is C14H25N3O3. The van der Waals surface area contributed by atoms with E-state index in [0.29, 0.717) is 25.2 Å². The van der Waals surface area contributed by atoms with Crippen molar-refractivity contribution in [1.29, 1.82) is 0 Å². The van der Waals surface area contributed by atoms with E-state index in [4.69, 9.17) is 5.11 Å². The number of fused-ring (bicyclic) bond motifs is 2. The van der Waals surface area contributed by atoms with Crippen LogP contribution < -0.4 is 5.32 Å². The number of carbonyl (C=O) groups is 2. The number of carboxylic acids is 1. The van der Waals surface area contributed by atoms with E-state index in [2.05, 4.69) is 17.3 Å². The lowest BCUT2D eigenvalue weighted by Gasteiger charge is -2.28. The van der Waals surface area contributed by atoms with Crippen LogP contribution >= 0.6 is 0 Å². The molecule has 6 heteroatoms. The molecule has 0 aromatic carbocycles. The van der Waals surface area contributed by atoms with Crippen molar-refractivity contribution in [2.75, 3.05) is 20.1 Å². The van der Waals surface area contributed by atoms with Crippen molar-refractivity contribution in [1.82, 2.24) is 15.1 Å². The van der Waals surface area contributed by atoms with E-state index in [1.807, 2.05) is 0 Å². The summed E-state index contributed by atoms with van der Waals surface area (Å²) >= 11 is 0. The SMILES string of the molecule is CC(C)C(NC(=O)N1CCC2CCC(C1)N2C)C(=O)O. The number of amides is 2. The molecule has 2 bridgehead atoms. The highest BCUT2D eigenvalue weighted by Crippen LogP contribution is 2.28. The smallest absolute Gasteiger partial charge is 0.326 e. The summed E-state index contributed by atoms with van der Waals surface area (Å²) in [5, 5.41) is 11.8. The third kappa shape index (κ3) is 3.06. The summed E-state index contributed by atoms with van der Waals surface area (Å²) in [6, 6.07) is -0.0820. The first kappa shape index (κ1) is 15.1. The second kappa shape index (κ2) is 5.99. The van der Waals surface area contributed by atoms with Crippen molar-refractivity contribution in [2.45, 2.75) is 51.2 Å². The maximum atomic E-state index is 12.3. The Hall–Kier alpha value is -1.30. The molecule has 6 nitrogen and oxygen atoms in total. The lowest BCUT2D eigenvalue weighted by Crippen LogP contribution is -2.51. The quantitative estimate of drug-likeness (QED) is 0.809. The fourth-order valence-electron chi connectivity index (χ4n) is 3.23. The average molecular weight is 283 g/mol. The Balaban J connectivity index is 1.97. The van der Waals surface area contributed by atoms with E-state index < -0.39 is 12.0 Å². The van der Waals surface area contributed by atoms with Crippen LogP contribution in [-0.2, 0) is 4.79 Å². The highest BCUT2D eigenvalue weighted by atomic mass is 16.4. The Bertz CT molecular complexity index is 386. The second-order valence-electron chi connectivity index (χ2n) is 6.29. The van der Waals surface area contributed by atoms with E-state index in [-0.39, 0.29) is 11.9 Å². The molecule has 0 aromatic rings. The number of rotatable bonds is 3. The normalized spacial score (nSPS) is 28.3. The summed E-state index contributed by atoms with van der Waals surface area (Å²) in [5.74, 6) is -1.09. The van der Waals surface area contributed by atoms with Crippen molar-refractivity contribution in [3.05, 3.63) is 0 Å². The Morgan fingerprint density at radius 3 is 2.45 bits per heavy atom. The minimum atomic E-state index is -0.971. The number of carbonyl (C=O) groups excluding carboxylic acids is 1. The zero-order valence-corrected chi connectivity index (χ0v) is 12.5. The lowest BCUT2D eigenvalue weighted by molar-refractivity contribution is -0.140. The molecule has 3 atom stereocenters. The number of aliphatic carboxylic acids is 1. The number of nitrogens with one attached hydrogen (secondary N) is 1. The van der Waals surface area contributed by atoms with Gasteiger partial charge in [0.15, 0.2) is 0 Å². The predicted octanol–water partition coefficient (Wildman–Crippen LogP) is 0.974. The number of likely N-dealkylation sites (N-methyl/N-ethyl adjacent to an activating group) is 1. The lowest BCUT2D eigenvalue weighted by atomic mass is 10.1. The second-order valence-corrected chi connectivity index (χ2v) is 6.29. The molecule has 2 heterocycles. The molecule has 2 aliphatic heterocycles. The van der Waals surface area contributed by atoms with E-state index in [1.54, 1.807) is 18.7 Å². The van der Waals surface area contributed by atoms with Crippen LogP contribution in [0.3, 0.4) is 0 Å². The molecule has 0 spiro atoms. The highest BCUT2D eigenvalue weighted by Gasteiger charge is 2.36. The topological polar surface area (TPSA) is 72.9 Å². The van der Waals surface area contributed by atoms with Gasteiger partial charge in [0.1, 0.15) is 6.04 Å². The third-order valence-electron chi connectivity index (χ3n) is 4.65. The van der Waals surface area contributed by atoms with E-state index >= 15 is 0 Å². The van der Waals surface area contributed by atoms with Gasteiger partial charge in [-0.05, 0) is 32.2 Å². The fourth-order valence-corrected chi connectivity index (χ4v) is 3.23. The first-order chi connectivity index (χ1) is 9.40. The summed E-state index contributed by atoms with van der Waals surface area (Å²) in [7, 11) is 2.12. The summed E-state index contributed by atoms with van der Waals surface area (Å²) in [6.45, 7) is 5.01. The molecule has 0 aliphatic carbocycles. The fraction of sp³-hybridized carbons (Fsp3) is 0.857. The molecule has 2 N–H and O–H groups in total. The van der Waals surface area contributed by atoms with Gasteiger partial charge in [-0.1, -0.05) is 13.8 Å². The van der Waals surface area contributed by atoms with Crippen molar-refractivity contribution in [3.8, 4) is 0 Å². The summed E-state index contributed by atoms with van der Waals surface area (Å²) < 4.78 is 0. The summed E-state index contributed by atoms with van der Waals surface area (Å²) in [4.78, 5) is 27.6. The van der Waals surface area contributed by atoms with Crippen LogP contribution in [0.15, 0.2) is 0 Å². The van der Waals surface area contributed by atoms with E-state index in [0.717, 1.165) is 12.8 Å². The maximum Gasteiger partial charge on any atom is 0.326 e. The number of likely N-dealkylation sites (tertiary alicyclic amines) is 1. The first-order valence-corrected chi connectivity index (χ1v) is 7.40. The van der Waals surface area contributed by atoms with Gasteiger partial charge in [-0.2, -0.15) is 0 Å². The Morgan fingerprint density at radius 1 is 1.20 bits per heavy atom. The maximum absolute atomic E-state index is 12.3. The number of urea groups is 1. The monoisotopic (exact) mass is 283 g/mol. The van der Waals surface area contributed by atoms with Crippen LogP contribution in [0.2, 0.25) is 0 Å². The molecule has 2 rings (SSSR count). The van der Waals surface area contributed by atoms with Gasteiger partial charge in [0.2, 0.25) is 0 Å². The molecular weight excluding hydrogens is 258 g/mol. The van der Waals surface area contributed by atoms with Gasteiger partial charge in [-0.15, -0.1) is 0 Å². The van der Waals surface area contributed by atoms with Crippen molar-refractivity contribution < 1.29 is 14.7 Å². The molecule has 2 fully saturated rings. The van der Waals surface area contributed by atoms with Gasteiger partial charge in [0.05, 0.1) is 0 Å². The van der Waals surface area contributed by atoms with Gasteiger partial charge in [-0.25, -0.2) is 9.59 Å². The van der Waals surface area contributed by atoms with Crippen molar-refractivity contribution in [3.63, 3.8) is 0 Å². The molecule has 20 heavy (non-hydrogen) atoms. The number of hydrogen-bond acceptors (Lipinski definition) is 3. The van der Waals surface area contributed by atoms with Gasteiger partial charge in [0.25, 0.3) is 0 Å². The summed E-state index contributed by atoms with van der Waals surface area (Å²) in [6.07, 6.45) is 3.30. The van der Waals surface area contributed by atoms with E-state index in [9.17, 15) is 9.59 Å². The van der Waals surface area contributed by atoms with Crippen molar-refractivity contribution in [2.24, 2.45) is 5.92 Å². The number of nitrogens with zero attached hydrogens (tertiary/aromatic N) is 2. The Kier molecular flexibility index (Phi) is 4.52. The highest BCUT2D eigenvalue weighted by molar-refractivity contribution is 5.82. The first-order valence-electron chi connectivity index (χ1n) is 7.40. The van der Waals surface area contributed by atoms with Crippen LogP contribution in [-0.4, -0.2) is 65.2 Å². The largest absolute Gasteiger partial charge is 0.480 e. The molecule has 2 amide bonds. The number of hydrogen-bond donors (Lipinski definition) is 2. The Labute approximate surface area is 120 Å². The predicted molar refractivity (Wildman–Crippen MR) is 75.6 cm³/mol.